The van der Waals surface area contributed by atoms with Crippen molar-refractivity contribution >= 4 is 44.1 Å². The average Bonchev–Trinajstić information content (AvgIpc) is 3.84. The van der Waals surface area contributed by atoms with Crippen LogP contribution in [0.25, 0.3) is 101 Å². The predicted octanol–water partition coefficient (Wildman–Crippen LogP) is 8.34. The minimum atomic E-state index is 0.576. The smallest absolute Gasteiger partial charge is 0.164 e. The Morgan fingerprint density at radius 3 is 1.33 bits per heavy atom. The highest BCUT2D eigenvalue weighted by Gasteiger charge is 2.22. The minimum Gasteiger partial charge on any atom is -0.324 e. The van der Waals surface area contributed by atoms with Crippen molar-refractivity contribution in [2.75, 3.05) is 0 Å². The highest BCUT2D eigenvalue weighted by molar-refractivity contribution is 6.12. The zero-order chi connectivity index (χ0) is 30.2. The van der Waals surface area contributed by atoms with Crippen LogP contribution in [0.5, 0.6) is 0 Å². The summed E-state index contributed by atoms with van der Waals surface area (Å²) < 4.78 is 0. The van der Waals surface area contributed by atoms with Crippen LogP contribution in [0.15, 0.2) is 115 Å². The Balaban J connectivity index is 1.42. The molecular formula is C38H21N8. The number of benzene rings is 5. The number of fused-ring (bicyclic) bond motifs is 20. The molecule has 2 N–H and O–H groups in total. The van der Waals surface area contributed by atoms with Gasteiger partial charge in [0.1, 0.15) is 22.6 Å². The van der Waals surface area contributed by atoms with Crippen molar-refractivity contribution in [3.05, 3.63) is 121 Å². The van der Waals surface area contributed by atoms with Gasteiger partial charge in [-0.05, 0) is 17.2 Å². The molecule has 8 nitrogen and oxygen atoms in total. The number of aromatic amines is 2. The van der Waals surface area contributed by atoms with Crippen LogP contribution in [0.1, 0.15) is 0 Å². The van der Waals surface area contributed by atoms with Gasteiger partial charge >= 0.3 is 0 Å². The molecule has 213 valence electrons. The lowest BCUT2D eigenvalue weighted by molar-refractivity contribution is 1.19. The third-order valence-corrected chi connectivity index (χ3v) is 8.61. The Bertz CT molecular complexity index is 2700. The number of hydrogen-bond acceptors (Lipinski definition) is 6. The monoisotopic (exact) mass is 589 g/mol. The van der Waals surface area contributed by atoms with Gasteiger partial charge in [0, 0.05) is 43.8 Å². The topological polar surface area (TPSA) is 109 Å². The first kappa shape index (κ1) is 24.9. The zero-order valence-corrected chi connectivity index (χ0v) is 24.2. The highest BCUT2D eigenvalue weighted by Crippen LogP contribution is 2.38. The molecule has 0 saturated carbocycles. The first-order chi connectivity index (χ1) is 22.8. The second kappa shape index (κ2) is 9.48. The van der Waals surface area contributed by atoms with Crippen LogP contribution in [-0.4, -0.2) is 39.9 Å². The molecule has 2 aliphatic rings. The Labute approximate surface area is 261 Å². The number of H-pyrrole nitrogens is 2. The van der Waals surface area contributed by atoms with Crippen molar-refractivity contribution in [2.24, 2.45) is 0 Å². The summed E-state index contributed by atoms with van der Waals surface area (Å²) >= 11 is 0. The maximum Gasteiger partial charge on any atom is 0.164 e. The van der Waals surface area contributed by atoms with Gasteiger partial charge in [-0.15, -0.1) is 0 Å². The van der Waals surface area contributed by atoms with Crippen molar-refractivity contribution in [3.63, 3.8) is 0 Å². The van der Waals surface area contributed by atoms with Gasteiger partial charge in [0.05, 0.1) is 0 Å². The molecule has 0 fully saturated rings. The zero-order valence-electron chi connectivity index (χ0n) is 24.2. The van der Waals surface area contributed by atoms with Crippen molar-refractivity contribution in [3.8, 4) is 56.7 Å². The summed E-state index contributed by atoms with van der Waals surface area (Å²) in [4.78, 5) is 37.5. The van der Waals surface area contributed by atoms with E-state index in [1.165, 1.54) is 0 Å². The Morgan fingerprint density at radius 1 is 0.370 bits per heavy atom. The molecule has 0 saturated heterocycles. The summed E-state index contributed by atoms with van der Waals surface area (Å²) in [6.07, 6.45) is 0. The lowest BCUT2D eigenvalue weighted by Crippen LogP contribution is -1.83. The van der Waals surface area contributed by atoms with Gasteiger partial charge in [0.2, 0.25) is 0 Å². The second-order valence-electron chi connectivity index (χ2n) is 11.3. The number of nitrogens with one attached hydrogen (secondary N) is 2. The Hall–Kier alpha value is -6.54. The number of aromatic nitrogens is 8. The van der Waals surface area contributed by atoms with Crippen molar-refractivity contribution < 1.29 is 0 Å². The van der Waals surface area contributed by atoms with Gasteiger partial charge in [-0.1, -0.05) is 115 Å². The molecule has 0 aliphatic carbocycles. The summed E-state index contributed by atoms with van der Waals surface area (Å²) in [5, 5.41) is 3.77. The van der Waals surface area contributed by atoms with Crippen LogP contribution in [0.4, 0.5) is 0 Å². The molecular weight excluding hydrogens is 568 g/mol. The molecule has 0 spiro atoms. The van der Waals surface area contributed by atoms with Crippen LogP contribution in [-0.2, 0) is 0 Å². The number of nitrogens with zero attached hydrogens (tertiary/aromatic N) is 6. The molecule has 5 heterocycles. The fourth-order valence-corrected chi connectivity index (χ4v) is 6.50. The van der Waals surface area contributed by atoms with Crippen molar-refractivity contribution in [1.29, 1.82) is 0 Å². The summed E-state index contributed by atoms with van der Waals surface area (Å²) in [6.45, 7) is 0. The van der Waals surface area contributed by atoms with Crippen LogP contribution in [0.3, 0.4) is 0 Å². The van der Waals surface area contributed by atoms with E-state index in [0.717, 1.165) is 54.9 Å². The lowest BCUT2D eigenvalue weighted by atomic mass is 10.0. The van der Waals surface area contributed by atoms with Gasteiger partial charge in [0.25, 0.3) is 0 Å². The molecule has 0 unspecified atom stereocenters. The number of hydrogen-bond donors (Lipinski definition) is 2. The normalized spacial score (nSPS) is 11.9. The molecule has 0 amide bonds. The maximum atomic E-state index is 5.19. The molecule has 1 radical (unpaired) electrons. The number of rotatable bonds is 1. The van der Waals surface area contributed by atoms with E-state index in [1.54, 1.807) is 0 Å². The van der Waals surface area contributed by atoms with E-state index in [2.05, 4.69) is 40.3 Å². The molecule has 0 atom stereocenters. The summed E-state index contributed by atoms with van der Waals surface area (Å²) in [7, 11) is 0. The van der Waals surface area contributed by atoms with Crippen LogP contribution in [0, 0.1) is 6.07 Å². The summed E-state index contributed by atoms with van der Waals surface area (Å²) in [5.41, 5.74) is 8.40. The van der Waals surface area contributed by atoms with Gasteiger partial charge in [0.15, 0.2) is 23.3 Å². The highest BCUT2D eigenvalue weighted by atomic mass is 15.1. The Kier molecular flexibility index (Phi) is 5.12. The predicted molar refractivity (Wildman–Crippen MR) is 180 cm³/mol. The average molecular weight is 590 g/mol. The van der Waals surface area contributed by atoms with Gasteiger partial charge < -0.3 is 9.97 Å². The standard InChI is InChI=1S/C38H21N8/c1-2-11-21(12-3-1)22-19-10-20-29-30(22)38-45-36-28-18-9-8-17-27(28)34(43-36)41-32-24-14-5-4-13-23(24)31(39-32)40-33-25-15-6-7-16-26(25)35(42-33)44-37(29)46-38/h2-20H,(H2,39,40,41,42,43,44,45,46). The van der Waals surface area contributed by atoms with E-state index in [4.69, 9.17) is 29.9 Å². The van der Waals surface area contributed by atoms with Crippen LogP contribution < -0.4 is 0 Å². The minimum absolute atomic E-state index is 0.576. The van der Waals surface area contributed by atoms with Crippen LogP contribution in [0.2, 0.25) is 0 Å². The molecule has 8 aromatic rings. The van der Waals surface area contributed by atoms with E-state index >= 15 is 0 Å². The van der Waals surface area contributed by atoms with Crippen molar-refractivity contribution in [1.82, 2.24) is 39.9 Å². The Morgan fingerprint density at radius 2 is 0.783 bits per heavy atom. The first-order valence-corrected chi connectivity index (χ1v) is 15.0. The molecule has 8 heteroatoms. The summed E-state index contributed by atoms with van der Waals surface area (Å²) in [5.74, 6) is 2.32. The molecule has 5 aromatic carbocycles. The SMILES string of the molecule is [c]1ccc(-c2cccc3c4nc5nc(nc6[nH]c(nc7nc(nc([nH]4)c23)-c2ccccc2-7)c2ccccc62)-c2ccccc2-5)cc1. The van der Waals surface area contributed by atoms with Crippen LogP contribution >= 0.6 is 0 Å². The van der Waals surface area contributed by atoms with Crippen molar-refractivity contribution in [2.45, 2.75) is 0 Å². The quantitative estimate of drug-likeness (QED) is 0.199. The second-order valence-corrected chi connectivity index (χ2v) is 11.3. The molecule has 8 bridgehead atoms. The van der Waals surface area contributed by atoms with E-state index < -0.39 is 0 Å². The van der Waals surface area contributed by atoms with Gasteiger partial charge in [-0.3, -0.25) is 0 Å². The van der Waals surface area contributed by atoms with E-state index in [9.17, 15) is 0 Å². The fourth-order valence-electron chi connectivity index (χ4n) is 6.50. The van der Waals surface area contributed by atoms with E-state index in [-0.39, 0.29) is 0 Å². The van der Waals surface area contributed by atoms with Gasteiger partial charge in [-0.2, -0.15) is 0 Å². The fraction of sp³-hybridized carbons (Fsp3) is 0. The lowest BCUT2D eigenvalue weighted by Gasteiger charge is -2.03. The molecule has 46 heavy (non-hydrogen) atoms. The third kappa shape index (κ3) is 3.67. The summed E-state index contributed by atoms with van der Waals surface area (Å²) in [6, 6.07) is 41.5. The molecule has 3 aromatic heterocycles. The molecule has 10 rings (SSSR count). The largest absolute Gasteiger partial charge is 0.324 e. The maximum absolute atomic E-state index is 5.19. The first-order valence-electron chi connectivity index (χ1n) is 15.0. The third-order valence-electron chi connectivity index (χ3n) is 8.61. The van der Waals surface area contributed by atoms with E-state index in [0.29, 0.717) is 45.9 Å². The van der Waals surface area contributed by atoms with Gasteiger partial charge in [-0.25, -0.2) is 29.9 Å². The molecule has 2 aliphatic heterocycles. The van der Waals surface area contributed by atoms with E-state index in [1.807, 2.05) is 91.0 Å².